The molecule has 2 saturated heterocycles. The van der Waals surface area contributed by atoms with Gasteiger partial charge in [-0.05, 0) is 76.4 Å². The highest BCUT2D eigenvalue weighted by Gasteiger charge is 2.35. The number of rotatable bonds is 8. The predicted molar refractivity (Wildman–Crippen MR) is 194 cm³/mol. The molecule has 16 heteroatoms. The Bertz CT molecular complexity index is 2240. The molecule has 3 unspecified atom stereocenters. The quantitative estimate of drug-likeness (QED) is 0.187. The number of aliphatic hydroxyl groups excluding tert-OH is 1. The summed E-state index contributed by atoms with van der Waals surface area (Å²) >= 11 is 6.54. The van der Waals surface area contributed by atoms with Gasteiger partial charge in [0.1, 0.15) is 17.8 Å². The number of aromatic nitrogens is 6. The minimum Gasteiger partial charge on any atom is -0.390 e. The Kier molecular flexibility index (Phi) is 8.76. The molecule has 3 aromatic heterocycles. The highest BCUT2D eigenvalue weighted by molar-refractivity contribution is 6.33. The molecule has 0 bridgehead atoms. The van der Waals surface area contributed by atoms with Crippen molar-refractivity contribution < 1.29 is 19.8 Å². The fourth-order valence-corrected chi connectivity index (χ4v) is 7.20. The number of carbonyl (C=O) groups excluding carboxylic acids is 2. The second-order valence-corrected chi connectivity index (χ2v) is 14.5. The first-order valence-electron chi connectivity index (χ1n) is 16.9. The summed E-state index contributed by atoms with van der Waals surface area (Å²) in [6.07, 6.45) is 2.01. The van der Waals surface area contributed by atoms with Gasteiger partial charge in [0.15, 0.2) is 5.82 Å². The molecule has 15 nitrogen and oxygen atoms in total. The zero-order chi connectivity index (χ0) is 36.4. The van der Waals surface area contributed by atoms with Gasteiger partial charge < -0.3 is 30.6 Å². The van der Waals surface area contributed by atoms with E-state index in [1.807, 2.05) is 55.3 Å². The number of anilines is 4. The number of halogens is 1. The van der Waals surface area contributed by atoms with Gasteiger partial charge in [0.25, 0.3) is 0 Å². The molecule has 0 aliphatic carbocycles. The molecule has 268 valence electrons. The summed E-state index contributed by atoms with van der Waals surface area (Å²) in [5.74, 6) is -0.153. The second kappa shape index (κ2) is 13.0. The van der Waals surface area contributed by atoms with E-state index in [0.717, 1.165) is 22.1 Å². The van der Waals surface area contributed by atoms with E-state index < -0.39 is 17.7 Å². The number of amides is 2. The number of hydrogen-bond donors (Lipinski definition) is 4. The first kappa shape index (κ1) is 34.5. The van der Waals surface area contributed by atoms with E-state index in [1.165, 1.54) is 6.20 Å². The number of nitrogens with zero attached hydrogens (tertiary/aromatic N) is 8. The summed E-state index contributed by atoms with van der Waals surface area (Å²) in [4.78, 5) is 52.1. The molecule has 2 amide bonds. The fourth-order valence-electron chi connectivity index (χ4n) is 7.06. The summed E-state index contributed by atoms with van der Waals surface area (Å²) < 4.78 is 4.94. The molecule has 0 radical (unpaired) electrons. The van der Waals surface area contributed by atoms with Crippen molar-refractivity contribution in [2.75, 3.05) is 28.2 Å². The Morgan fingerprint density at radius 3 is 2.57 bits per heavy atom. The van der Waals surface area contributed by atoms with Gasteiger partial charge in [-0.2, -0.15) is 10.1 Å². The molecule has 2 aliphatic heterocycles. The number of hydrogen-bond acceptors (Lipinski definition) is 10. The highest BCUT2D eigenvalue weighted by atomic mass is 35.5. The lowest BCUT2D eigenvalue weighted by molar-refractivity contribution is -0.128. The van der Waals surface area contributed by atoms with Crippen LogP contribution in [0.15, 0.2) is 47.4 Å². The van der Waals surface area contributed by atoms with Crippen LogP contribution in [0.25, 0.3) is 21.9 Å². The molecule has 3 atom stereocenters. The number of nitrogens with one attached hydrogen (secondary N) is 2. The maximum Gasteiger partial charge on any atom is 0.328 e. The Labute approximate surface area is 298 Å². The topological polar surface area (TPSA) is 176 Å². The molecule has 2 aromatic carbocycles. The van der Waals surface area contributed by atoms with Crippen molar-refractivity contribution in [2.45, 2.75) is 70.4 Å². The summed E-state index contributed by atoms with van der Waals surface area (Å²) in [5, 5.41) is 31.7. The van der Waals surface area contributed by atoms with Crippen molar-refractivity contribution in [1.29, 1.82) is 0 Å². The zero-order valence-electron chi connectivity index (χ0n) is 29.1. The van der Waals surface area contributed by atoms with Gasteiger partial charge >= 0.3 is 5.69 Å². The number of aryl methyl sites for hydroxylation is 3. The maximum absolute atomic E-state index is 13.7. The molecule has 5 heterocycles. The molecule has 2 aliphatic rings. The van der Waals surface area contributed by atoms with Crippen molar-refractivity contribution in [3.05, 3.63) is 63.8 Å². The van der Waals surface area contributed by atoms with Crippen molar-refractivity contribution in [3.63, 3.8) is 0 Å². The number of imidazole rings is 1. The average molecular weight is 717 g/mol. The van der Waals surface area contributed by atoms with Crippen LogP contribution in [0.2, 0.25) is 5.02 Å². The van der Waals surface area contributed by atoms with Crippen molar-refractivity contribution >= 4 is 68.5 Å². The van der Waals surface area contributed by atoms with Crippen LogP contribution in [0.3, 0.4) is 0 Å². The van der Waals surface area contributed by atoms with E-state index in [4.69, 9.17) is 16.6 Å². The van der Waals surface area contributed by atoms with Crippen molar-refractivity contribution in [2.24, 2.45) is 14.1 Å². The summed E-state index contributed by atoms with van der Waals surface area (Å²) in [6.45, 7) is 6.22. The Morgan fingerprint density at radius 2 is 1.84 bits per heavy atom. The number of carbonyl (C=O) groups is 2. The van der Waals surface area contributed by atoms with Gasteiger partial charge in [-0.1, -0.05) is 11.6 Å². The lowest BCUT2D eigenvalue weighted by atomic mass is 9.92. The maximum atomic E-state index is 13.7. The fraction of sp³-hybridized carbons (Fsp3) is 0.429. The number of piperazine rings is 1. The highest BCUT2D eigenvalue weighted by Crippen LogP contribution is 2.34. The van der Waals surface area contributed by atoms with Crippen LogP contribution in [-0.4, -0.2) is 81.9 Å². The van der Waals surface area contributed by atoms with Gasteiger partial charge in [-0.15, -0.1) is 0 Å². The Morgan fingerprint density at radius 1 is 1.06 bits per heavy atom. The summed E-state index contributed by atoms with van der Waals surface area (Å²) in [5.41, 5.74) is 3.18. The van der Waals surface area contributed by atoms with Gasteiger partial charge in [0.2, 0.25) is 17.8 Å². The lowest BCUT2D eigenvalue weighted by Gasteiger charge is -2.39. The molecule has 4 N–H and O–H groups in total. The molecule has 51 heavy (non-hydrogen) atoms. The molecule has 7 rings (SSSR count). The third-order valence-corrected chi connectivity index (χ3v) is 9.99. The standard InChI is InChI=1S/C35H41ClN10O5/c1-19-17-44(18-29(48)46(19)21-7-8-22-26(15-21)43(5)41-30(22)23-9-11-28(47)39-32(23)49)33-37-16-24(36)31(40-33)38-20-6-10-25-27(14-20)45(34(50)42(25)4)13-12-35(2,3)51/h6-8,10,14-16,19,23,28,47,51H,9,11-13,17-18H2,1-5H3,(H,39,49)(H,37,38,40). The van der Waals surface area contributed by atoms with Gasteiger partial charge in [0.05, 0.1) is 46.0 Å². The monoisotopic (exact) mass is 716 g/mol. The number of aliphatic hydroxyl groups is 2. The Hall–Kier alpha value is -4.99. The van der Waals surface area contributed by atoms with E-state index in [-0.39, 0.29) is 35.1 Å². The van der Waals surface area contributed by atoms with Crippen LogP contribution in [0.4, 0.5) is 23.1 Å². The molecule has 2 fully saturated rings. The minimum absolute atomic E-state index is 0.0358. The summed E-state index contributed by atoms with van der Waals surface area (Å²) in [6, 6.07) is 11.0. The van der Waals surface area contributed by atoms with E-state index in [1.54, 1.807) is 39.6 Å². The van der Waals surface area contributed by atoms with Crippen LogP contribution in [0, 0.1) is 0 Å². The first-order valence-corrected chi connectivity index (χ1v) is 17.3. The van der Waals surface area contributed by atoms with Crippen molar-refractivity contribution in [3.8, 4) is 0 Å². The number of fused-ring (bicyclic) bond motifs is 2. The third-order valence-electron chi connectivity index (χ3n) is 9.72. The van der Waals surface area contributed by atoms with E-state index in [2.05, 4.69) is 20.7 Å². The third kappa shape index (κ3) is 6.52. The zero-order valence-corrected chi connectivity index (χ0v) is 29.8. The predicted octanol–water partition coefficient (Wildman–Crippen LogP) is 3.13. The first-order chi connectivity index (χ1) is 24.2. The van der Waals surface area contributed by atoms with Crippen molar-refractivity contribution in [1.82, 2.24) is 34.2 Å². The molecular formula is C35H41ClN10O5. The van der Waals surface area contributed by atoms with E-state index in [9.17, 15) is 24.6 Å². The largest absolute Gasteiger partial charge is 0.390 e. The molecule has 5 aromatic rings. The number of piperidine rings is 1. The van der Waals surface area contributed by atoms with Gasteiger partial charge in [0, 0.05) is 43.9 Å². The van der Waals surface area contributed by atoms with Crippen LogP contribution < -0.4 is 26.1 Å². The van der Waals surface area contributed by atoms with Crippen LogP contribution >= 0.6 is 11.6 Å². The lowest BCUT2D eigenvalue weighted by Crippen LogP contribution is -2.56. The minimum atomic E-state index is -0.925. The smallest absolute Gasteiger partial charge is 0.328 e. The van der Waals surface area contributed by atoms with E-state index in [0.29, 0.717) is 61.0 Å². The molecular weight excluding hydrogens is 676 g/mol. The molecule has 0 saturated carbocycles. The normalized spacial score (nSPS) is 20.0. The van der Waals surface area contributed by atoms with Gasteiger partial charge in [-0.25, -0.2) is 9.78 Å². The van der Waals surface area contributed by atoms with Crippen LogP contribution in [0.5, 0.6) is 0 Å². The van der Waals surface area contributed by atoms with E-state index >= 15 is 0 Å². The molecule has 0 spiro atoms. The summed E-state index contributed by atoms with van der Waals surface area (Å²) in [7, 11) is 3.53. The van der Waals surface area contributed by atoms with Crippen LogP contribution in [-0.2, 0) is 30.2 Å². The number of benzene rings is 2. The average Bonchev–Trinajstić information content (AvgIpc) is 3.51. The second-order valence-electron chi connectivity index (χ2n) is 14.1. The van der Waals surface area contributed by atoms with Gasteiger partial charge in [-0.3, -0.25) is 23.4 Å². The van der Waals surface area contributed by atoms with Crippen LogP contribution in [0.1, 0.15) is 51.6 Å². The SMILES string of the molecule is CC1CN(c2ncc(Cl)c(Nc3ccc4c(c3)n(CCC(C)(C)O)c(=O)n4C)n2)CC(=O)N1c1ccc2c(C3CCC(O)NC3=O)nn(C)c2c1. The Balaban J connectivity index is 1.10.